The summed E-state index contributed by atoms with van der Waals surface area (Å²) in [6.07, 6.45) is 0.395. The molecule has 6 nitrogen and oxygen atoms in total. The van der Waals surface area contributed by atoms with Gasteiger partial charge in [0.15, 0.2) is 6.10 Å². The van der Waals surface area contributed by atoms with Gasteiger partial charge in [-0.1, -0.05) is 31.2 Å². The van der Waals surface area contributed by atoms with Crippen LogP contribution in [0.2, 0.25) is 0 Å². The van der Waals surface area contributed by atoms with E-state index in [-0.39, 0.29) is 24.2 Å². The molecule has 156 valence electrons. The van der Waals surface area contributed by atoms with E-state index in [1.54, 1.807) is 41.0 Å². The Labute approximate surface area is 178 Å². The van der Waals surface area contributed by atoms with Crippen LogP contribution < -0.4 is 10.5 Å². The van der Waals surface area contributed by atoms with Crippen LogP contribution in [0.3, 0.4) is 0 Å². The number of hydrogen-bond donors (Lipinski definition) is 1. The molecule has 1 saturated heterocycles. The van der Waals surface area contributed by atoms with Crippen LogP contribution in [0, 0.1) is 0 Å². The number of rotatable bonds is 5. The fourth-order valence-electron chi connectivity index (χ4n) is 3.31. The number of nitrogen functional groups attached to an aromatic ring is 1. The second-order valence-electron chi connectivity index (χ2n) is 6.96. The summed E-state index contributed by atoms with van der Waals surface area (Å²) in [5.41, 5.74) is 8.12. The number of carbonyl (C=O) groups excluding carboxylic acids is 2. The number of carbonyl (C=O) groups is 2. The van der Waals surface area contributed by atoms with Gasteiger partial charge in [-0.05, 0) is 43.2 Å². The molecule has 1 aliphatic heterocycles. The second kappa shape index (κ2) is 10.2. The van der Waals surface area contributed by atoms with E-state index < -0.39 is 6.10 Å². The molecule has 29 heavy (non-hydrogen) atoms. The zero-order chi connectivity index (χ0) is 20.1. The number of amides is 2. The van der Waals surface area contributed by atoms with E-state index >= 15 is 0 Å². The quantitative estimate of drug-likeness (QED) is 0.759. The predicted octanol–water partition coefficient (Wildman–Crippen LogP) is 3.00. The Morgan fingerprint density at radius 1 is 1.00 bits per heavy atom. The number of ether oxygens (including phenoxy) is 1. The molecule has 3 rings (SSSR count). The number of piperazine rings is 1. The number of aryl methyl sites for hydroxylation is 1. The fraction of sp³-hybridized carbons (Fsp3) is 0.364. The van der Waals surface area contributed by atoms with Crippen LogP contribution in [0.4, 0.5) is 5.69 Å². The van der Waals surface area contributed by atoms with Gasteiger partial charge in [0.05, 0.1) is 5.56 Å². The van der Waals surface area contributed by atoms with Crippen molar-refractivity contribution in [1.82, 2.24) is 9.80 Å². The molecule has 0 bridgehead atoms. The molecule has 0 saturated carbocycles. The molecule has 1 atom stereocenters. The molecule has 0 aromatic heterocycles. The minimum atomic E-state index is -0.570. The van der Waals surface area contributed by atoms with Gasteiger partial charge in [-0.3, -0.25) is 9.59 Å². The van der Waals surface area contributed by atoms with E-state index in [0.29, 0.717) is 43.2 Å². The summed E-state index contributed by atoms with van der Waals surface area (Å²) in [5.74, 6) is 0.530. The maximum absolute atomic E-state index is 12.7. The van der Waals surface area contributed by atoms with Gasteiger partial charge < -0.3 is 20.3 Å². The van der Waals surface area contributed by atoms with Crippen LogP contribution in [-0.4, -0.2) is 53.9 Å². The number of hydrogen-bond acceptors (Lipinski definition) is 4. The minimum absolute atomic E-state index is 0. The third kappa shape index (κ3) is 5.41. The van der Waals surface area contributed by atoms with Crippen LogP contribution in [0.1, 0.15) is 29.8 Å². The summed E-state index contributed by atoms with van der Waals surface area (Å²) < 4.78 is 5.80. The first kappa shape index (κ1) is 22.6. The zero-order valence-electron chi connectivity index (χ0n) is 16.8. The van der Waals surface area contributed by atoms with E-state index in [4.69, 9.17) is 10.5 Å². The van der Waals surface area contributed by atoms with Crippen LogP contribution in [0.15, 0.2) is 48.5 Å². The Hall–Kier alpha value is -2.73. The summed E-state index contributed by atoms with van der Waals surface area (Å²) in [5, 5.41) is 0. The molecular weight excluding hydrogens is 390 g/mol. The van der Waals surface area contributed by atoms with E-state index in [0.717, 1.165) is 6.42 Å². The largest absolute Gasteiger partial charge is 0.481 e. The fourth-order valence-corrected chi connectivity index (χ4v) is 3.31. The number of nitrogens with two attached hydrogens (primary N) is 1. The van der Waals surface area contributed by atoms with E-state index in [1.165, 1.54) is 5.56 Å². The van der Waals surface area contributed by atoms with Gasteiger partial charge in [0.2, 0.25) is 0 Å². The topological polar surface area (TPSA) is 75.9 Å². The second-order valence-corrected chi connectivity index (χ2v) is 6.96. The van der Waals surface area contributed by atoms with E-state index in [9.17, 15) is 9.59 Å². The normalized spacial score (nSPS) is 14.7. The van der Waals surface area contributed by atoms with Crippen molar-refractivity contribution in [1.29, 1.82) is 0 Å². The average molecular weight is 418 g/mol. The van der Waals surface area contributed by atoms with Crippen LogP contribution in [-0.2, 0) is 11.2 Å². The third-order valence-corrected chi connectivity index (χ3v) is 5.06. The van der Waals surface area contributed by atoms with Gasteiger partial charge in [-0.15, -0.1) is 12.4 Å². The van der Waals surface area contributed by atoms with Gasteiger partial charge in [-0.25, -0.2) is 0 Å². The lowest BCUT2D eigenvalue weighted by Crippen LogP contribution is -2.53. The maximum Gasteiger partial charge on any atom is 0.263 e. The van der Waals surface area contributed by atoms with Crippen molar-refractivity contribution in [3.05, 3.63) is 59.7 Å². The number of benzene rings is 2. The molecule has 7 heteroatoms. The van der Waals surface area contributed by atoms with Gasteiger partial charge in [0.1, 0.15) is 5.75 Å². The number of para-hydroxylation sites is 1. The Bertz CT molecular complexity index is 833. The lowest BCUT2D eigenvalue weighted by Gasteiger charge is -2.36. The molecule has 1 aliphatic rings. The predicted molar refractivity (Wildman–Crippen MR) is 116 cm³/mol. The standard InChI is InChI=1S/C22H27N3O3.ClH/c1-3-17-8-10-18(11-9-17)28-16(2)21(26)24-12-14-25(15-13-24)22(27)19-6-4-5-7-20(19)23;/h4-11,16H,3,12-15,23H2,1-2H3;1H. The summed E-state index contributed by atoms with van der Waals surface area (Å²) in [7, 11) is 0. The number of halogens is 1. The molecule has 2 amide bonds. The Morgan fingerprint density at radius 3 is 2.17 bits per heavy atom. The van der Waals surface area contributed by atoms with E-state index in [1.807, 2.05) is 24.3 Å². The highest BCUT2D eigenvalue weighted by molar-refractivity contribution is 5.99. The SMILES string of the molecule is CCc1ccc(OC(C)C(=O)N2CCN(C(=O)c3ccccc3N)CC2)cc1.Cl. The Balaban J connectivity index is 0.00000300. The molecule has 0 radical (unpaired) electrons. The van der Waals surface area contributed by atoms with Gasteiger partial charge in [0, 0.05) is 31.9 Å². The van der Waals surface area contributed by atoms with Crippen molar-refractivity contribution in [3.8, 4) is 5.75 Å². The Morgan fingerprint density at radius 2 is 1.59 bits per heavy atom. The zero-order valence-corrected chi connectivity index (χ0v) is 17.7. The maximum atomic E-state index is 12.7. The summed E-state index contributed by atoms with van der Waals surface area (Å²) in [4.78, 5) is 28.8. The van der Waals surface area contributed by atoms with Crippen molar-refractivity contribution < 1.29 is 14.3 Å². The molecule has 1 heterocycles. The summed E-state index contributed by atoms with van der Waals surface area (Å²) in [6.45, 7) is 5.80. The van der Waals surface area contributed by atoms with Crippen molar-refractivity contribution >= 4 is 29.9 Å². The summed E-state index contributed by atoms with van der Waals surface area (Å²) >= 11 is 0. The minimum Gasteiger partial charge on any atom is -0.481 e. The lowest BCUT2D eigenvalue weighted by molar-refractivity contribution is -0.139. The highest BCUT2D eigenvalue weighted by atomic mass is 35.5. The van der Waals surface area contributed by atoms with Crippen LogP contribution >= 0.6 is 12.4 Å². The van der Waals surface area contributed by atoms with Crippen LogP contribution in [0.5, 0.6) is 5.75 Å². The van der Waals surface area contributed by atoms with Gasteiger partial charge in [0.25, 0.3) is 11.8 Å². The lowest BCUT2D eigenvalue weighted by atomic mass is 10.1. The highest BCUT2D eigenvalue weighted by Crippen LogP contribution is 2.17. The first-order valence-corrected chi connectivity index (χ1v) is 9.67. The molecule has 1 fully saturated rings. The van der Waals surface area contributed by atoms with Crippen LogP contribution in [0.25, 0.3) is 0 Å². The molecular formula is C22H28ClN3O3. The highest BCUT2D eigenvalue weighted by Gasteiger charge is 2.28. The Kier molecular flexibility index (Phi) is 7.91. The van der Waals surface area contributed by atoms with E-state index in [2.05, 4.69) is 6.92 Å². The molecule has 2 aromatic carbocycles. The monoisotopic (exact) mass is 417 g/mol. The van der Waals surface area contributed by atoms with Crippen molar-refractivity contribution in [2.45, 2.75) is 26.4 Å². The van der Waals surface area contributed by atoms with Crippen molar-refractivity contribution in [2.75, 3.05) is 31.9 Å². The number of nitrogens with zero attached hydrogens (tertiary/aromatic N) is 2. The molecule has 0 aliphatic carbocycles. The number of anilines is 1. The average Bonchev–Trinajstić information content (AvgIpc) is 2.73. The summed E-state index contributed by atoms with van der Waals surface area (Å²) in [6, 6.07) is 14.9. The third-order valence-electron chi connectivity index (χ3n) is 5.06. The first-order chi connectivity index (χ1) is 13.5. The van der Waals surface area contributed by atoms with Crippen molar-refractivity contribution in [3.63, 3.8) is 0 Å². The first-order valence-electron chi connectivity index (χ1n) is 9.67. The van der Waals surface area contributed by atoms with Gasteiger partial charge in [-0.2, -0.15) is 0 Å². The van der Waals surface area contributed by atoms with Gasteiger partial charge >= 0.3 is 0 Å². The molecule has 1 unspecified atom stereocenters. The molecule has 2 aromatic rings. The van der Waals surface area contributed by atoms with Crippen molar-refractivity contribution in [2.24, 2.45) is 0 Å². The smallest absolute Gasteiger partial charge is 0.263 e. The molecule has 0 spiro atoms. The molecule has 2 N–H and O–H groups in total.